The summed E-state index contributed by atoms with van der Waals surface area (Å²) < 4.78 is 33.0. The number of aliphatic hydroxyl groups excluding tert-OH is 1. The standard InChI is InChI=1S/C26H36O8/c1-19(27)26(34-17-21-9-13-23(30-3)14-10-21)24(18-32-15-5-6-25(28)31-4)33-16-20-7-11-22(29-2)12-8-20/h7-14,19,24,26-27H,5-6,15-18H2,1-4H3/t19?,24?,26-/m0/s1. The highest BCUT2D eigenvalue weighted by atomic mass is 16.6. The summed E-state index contributed by atoms with van der Waals surface area (Å²) in [6.07, 6.45) is -1.14. The molecular formula is C26H36O8. The van der Waals surface area contributed by atoms with Gasteiger partial charge in [-0.2, -0.15) is 0 Å². The van der Waals surface area contributed by atoms with Crippen molar-refractivity contribution >= 4 is 5.97 Å². The SMILES string of the molecule is COC(=O)CCCOCC(OCc1ccc(OC)cc1)[C@@H](OCc1ccc(OC)cc1)C(C)O. The molecule has 0 radical (unpaired) electrons. The van der Waals surface area contributed by atoms with E-state index in [1.807, 2.05) is 48.5 Å². The summed E-state index contributed by atoms with van der Waals surface area (Å²) in [7, 11) is 4.59. The number of benzene rings is 2. The van der Waals surface area contributed by atoms with Crippen LogP contribution in [0.5, 0.6) is 11.5 Å². The Balaban J connectivity index is 2.01. The second-order valence-electron chi connectivity index (χ2n) is 7.82. The van der Waals surface area contributed by atoms with Gasteiger partial charge in [-0.1, -0.05) is 24.3 Å². The molecule has 1 N–H and O–H groups in total. The zero-order valence-corrected chi connectivity index (χ0v) is 20.4. The van der Waals surface area contributed by atoms with Crippen molar-refractivity contribution in [2.24, 2.45) is 0 Å². The van der Waals surface area contributed by atoms with Crippen LogP contribution < -0.4 is 9.47 Å². The van der Waals surface area contributed by atoms with Crippen molar-refractivity contribution in [2.45, 2.75) is 51.3 Å². The van der Waals surface area contributed by atoms with E-state index in [4.69, 9.17) is 23.7 Å². The average Bonchev–Trinajstić information content (AvgIpc) is 2.86. The van der Waals surface area contributed by atoms with Gasteiger partial charge in [-0.3, -0.25) is 4.79 Å². The van der Waals surface area contributed by atoms with E-state index in [9.17, 15) is 9.90 Å². The molecule has 8 heteroatoms. The van der Waals surface area contributed by atoms with E-state index in [2.05, 4.69) is 4.74 Å². The summed E-state index contributed by atoms with van der Waals surface area (Å²) in [5.41, 5.74) is 1.90. The Bertz CT molecular complexity index is 820. The number of carbonyl (C=O) groups excluding carboxylic acids is 1. The lowest BCUT2D eigenvalue weighted by Crippen LogP contribution is -2.42. The lowest BCUT2D eigenvalue weighted by atomic mass is 10.1. The number of rotatable bonds is 16. The number of methoxy groups -OCH3 is 3. The van der Waals surface area contributed by atoms with E-state index in [0.717, 1.165) is 22.6 Å². The molecule has 34 heavy (non-hydrogen) atoms. The Morgan fingerprint density at radius 1 is 0.853 bits per heavy atom. The van der Waals surface area contributed by atoms with Crippen molar-refractivity contribution < 1.29 is 38.3 Å². The molecule has 0 spiro atoms. The highest BCUT2D eigenvalue weighted by molar-refractivity contribution is 5.68. The van der Waals surface area contributed by atoms with Crippen LogP contribution in [-0.4, -0.2) is 63.9 Å². The van der Waals surface area contributed by atoms with Gasteiger partial charge in [0.25, 0.3) is 0 Å². The summed E-state index contributed by atoms with van der Waals surface area (Å²) in [4.78, 5) is 11.3. The van der Waals surface area contributed by atoms with Crippen LogP contribution in [0, 0.1) is 0 Å². The van der Waals surface area contributed by atoms with E-state index in [1.54, 1.807) is 21.1 Å². The zero-order valence-electron chi connectivity index (χ0n) is 20.4. The third-order valence-electron chi connectivity index (χ3n) is 5.25. The Labute approximate surface area is 201 Å². The first-order valence-electron chi connectivity index (χ1n) is 11.3. The lowest BCUT2D eigenvalue weighted by molar-refractivity contribution is -0.149. The van der Waals surface area contributed by atoms with Crippen molar-refractivity contribution in [1.82, 2.24) is 0 Å². The van der Waals surface area contributed by atoms with Gasteiger partial charge < -0.3 is 33.5 Å². The molecule has 2 rings (SSSR count). The second-order valence-corrected chi connectivity index (χ2v) is 7.82. The first kappa shape index (κ1) is 27.6. The van der Waals surface area contributed by atoms with Gasteiger partial charge in [0.1, 0.15) is 23.7 Å². The van der Waals surface area contributed by atoms with Gasteiger partial charge in [-0.25, -0.2) is 0 Å². The monoisotopic (exact) mass is 476 g/mol. The maximum atomic E-state index is 11.3. The summed E-state index contributed by atoms with van der Waals surface area (Å²) in [5, 5.41) is 10.5. The quantitative estimate of drug-likeness (QED) is 0.291. The Morgan fingerprint density at radius 2 is 1.38 bits per heavy atom. The van der Waals surface area contributed by atoms with Crippen LogP contribution in [0.15, 0.2) is 48.5 Å². The van der Waals surface area contributed by atoms with Crippen LogP contribution >= 0.6 is 0 Å². The third-order valence-corrected chi connectivity index (χ3v) is 5.25. The number of hydrogen-bond acceptors (Lipinski definition) is 8. The zero-order chi connectivity index (χ0) is 24.8. The van der Waals surface area contributed by atoms with Crippen LogP contribution in [0.25, 0.3) is 0 Å². The fourth-order valence-electron chi connectivity index (χ4n) is 3.25. The van der Waals surface area contributed by atoms with Crippen molar-refractivity contribution in [2.75, 3.05) is 34.5 Å². The van der Waals surface area contributed by atoms with Gasteiger partial charge in [0.15, 0.2) is 0 Å². The van der Waals surface area contributed by atoms with Crippen molar-refractivity contribution in [1.29, 1.82) is 0 Å². The number of aliphatic hydroxyl groups is 1. The minimum Gasteiger partial charge on any atom is -0.497 e. The number of ether oxygens (including phenoxy) is 6. The summed E-state index contributed by atoms with van der Waals surface area (Å²) in [6, 6.07) is 15.1. The number of carbonyl (C=O) groups is 1. The van der Waals surface area contributed by atoms with Gasteiger partial charge in [-0.15, -0.1) is 0 Å². The van der Waals surface area contributed by atoms with Gasteiger partial charge >= 0.3 is 5.97 Å². The first-order valence-corrected chi connectivity index (χ1v) is 11.3. The van der Waals surface area contributed by atoms with E-state index in [0.29, 0.717) is 26.2 Å². The Hall–Kier alpha value is -2.65. The molecule has 188 valence electrons. The minimum absolute atomic E-state index is 0.204. The molecule has 0 saturated carbocycles. The fraction of sp³-hybridized carbons (Fsp3) is 0.500. The third kappa shape index (κ3) is 9.69. The molecule has 0 amide bonds. The molecule has 0 fully saturated rings. The van der Waals surface area contributed by atoms with Crippen molar-refractivity contribution in [3.05, 3.63) is 59.7 Å². The van der Waals surface area contributed by atoms with Gasteiger partial charge in [0, 0.05) is 13.0 Å². The maximum Gasteiger partial charge on any atom is 0.305 e. The van der Waals surface area contributed by atoms with E-state index >= 15 is 0 Å². The smallest absolute Gasteiger partial charge is 0.305 e. The molecule has 2 aromatic carbocycles. The molecule has 0 saturated heterocycles. The molecular weight excluding hydrogens is 440 g/mol. The Kier molecular flexibility index (Phi) is 12.4. The number of esters is 1. The largest absolute Gasteiger partial charge is 0.497 e. The van der Waals surface area contributed by atoms with E-state index < -0.39 is 18.3 Å². The van der Waals surface area contributed by atoms with Crippen LogP contribution in [0.4, 0.5) is 0 Å². The molecule has 2 unspecified atom stereocenters. The normalized spacial score (nSPS) is 13.7. The molecule has 0 aliphatic heterocycles. The van der Waals surface area contributed by atoms with Gasteiger partial charge in [-0.05, 0) is 48.7 Å². The van der Waals surface area contributed by atoms with E-state index in [1.165, 1.54) is 7.11 Å². The van der Waals surface area contributed by atoms with E-state index in [-0.39, 0.29) is 19.0 Å². The summed E-state index contributed by atoms with van der Waals surface area (Å²) in [6.45, 7) is 2.84. The average molecular weight is 477 g/mol. The van der Waals surface area contributed by atoms with Crippen LogP contribution in [0.1, 0.15) is 30.9 Å². The summed E-state index contributed by atoms with van der Waals surface area (Å²) >= 11 is 0. The van der Waals surface area contributed by atoms with Crippen molar-refractivity contribution in [3.63, 3.8) is 0 Å². The molecule has 0 bridgehead atoms. The van der Waals surface area contributed by atoms with Crippen LogP contribution in [-0.2, 0) is 37.0 Å². The fourth-order valence-corrected chi connectivity index (χ4v) is 3.25. The molecule has 0 aliphatic rings. The Morgan fingerprint density at radius 3 is 1.85 bits per heavy atom. The maximum absolute atomic E-state index is 11.3. The molecule has 3 atom stereocenters. The first-order chi connectivity index (χ1) is 16.5. The predicted molar refractivity (Wildman–Crippen MR) is 127 cm³/mol. The highest BCUT2D eigenvalue weighted by Gasteiger charge is 2.28. The van der Waals surface area contributed by atoms with Gasteiger partial charge in [0.05, 0.1) is 47.3 Å². The molecule has 2 aromatic rings. The minimum atomic E-state index is -0.794. The topological polar surface area (TPSA) is 92.7 Å². The van der Waals surface area contributed by atoms with Gasteiger partial charge in [0.2, 0.25) is 0 Å². The predicted octanol–water partition coefficient (Wildman–Crippen LogP) is 3.53. The van der Waals surface area contributed by atoms with Crippen LogP contribution in [0.3, 0.4) is 0 Å². The van der Waals surface area contributed by atoms with Crippen LogP contribution in [0.2, 0.25) is 0 Å². The number of hydrogen-bond donors (Lipinski definition) is 1. The molecule has 0 heterocycles. The molecule has 0 aliphatic carbocycles. The van der Waals surface area contributed by atoms with Crippen molar-refractivity contribution in [3.8, 4) is 11.5 Å². The molecule has 0 aromatic heterocycles. The highest BCUT2D eigenvalue weighted by Crippen LogP contribution is 2.18. The molecule has 8 nitrogen and oxygen atoms in total. The summed E-state index contributed by atoms with van der Waals surface area (Å²) in [5.74, 6) is 1.25. The second kappa shape index (κ2) is 15.3. The lowest BCUT2D eigenvalue weighted by Gasteiger charge is -2.29.